The summed E-state index contributed by atoms with van der Waals surface area (Å²) in [7, 11) is 0. The third-order valence-electron chi connectivity index (χ3n) is 4.06. The number of carbonyl (C=O) groups is 5. The molecule has 0 bridgehead atoms. The number of nitrogens with one attached hydrogen (secondary N) is 1. The Morgan fingerprint density at radius 2 is 1.47 bits per heavy atom. The minimum Gasteiger partial charge on any atom is -0.480 e. The van der Waals surface area contributed by atoms with E-state index in [0.717, 1.165) is 5.69 Å². The van der Waals surface area contributed by atoms with Crippen molar-refractivity contribution in [3.8, 4) is 0 Å². The Morgan fingerprint density at radius 1 is 0.944 bits per heavy atom. The topological polar surface area (TPSA) is 314 Å². The monoisotopic (exact) mass is 519 g/mol. The molecule has 0 aliphatic rings. The average Bonchev–Trinajstić information content (AvgIpc) is 3.29. The highest BCUT2D eigenvalue weighted by Crippen LogP contribution is 2.05. The summed E-state index contributed by atoms with van der Waals surface area (Å²) in [4.78, 5) is 59.7. The smallest absolute Gasteiger partial charge is 0.330 e. The number of aliphatic hydroxyl groups excluding tert-OH is 1. The van der Waals surface area contributed by atoms with Crippen LogP contribution in [0, 0.1) is 5.92 Å². The van der Waals surface area contributed by atoms with Gasteiger partial charge in [0, 0.05) is 24.7 Å². The molecular weight excluding hydrogens is 482 g/mol. The Kier molecular flexibility index (Phi) is 18.2. The zero-order valence-corrected chi connectivity index (χ0v) is 20.2. The predicted octanol–water partition coefficient (Wildman–Crippen LogP) is -3.22. The number of aliphatic carboxylic acids is 2. The van der Waals surface area contributed by atoms with E-state index in [4.69, 9.17) is 44.0 Å². The molecule has 1 amide bonds. The molecule has 0 fully saturated rings. The Morgan fingerprint density at radius 3 is 1.83 bits per heavy atom. The van der Waals surface area contributed by atoms with Gasteiger partial charge in [-0.2, -0.15) is 0 Å². The van der Waals surface area contributed by atoms with Crippen LogP contribution in [0.3, 0.4) is 0 Å². The predicted molar refractivity (Wildman–Crippen MR) is 126 cm³/mol. The van der Waals surface area contributed by atoms with Crippen molar-refractivity contribution >= 4 is 29.8 Å². The summed E-state index contributed by atoms with van der Waals surface area (Å²) in [5.41, 5.74) is 26.7. The number of primary amides is 1. The highest BCUT2D eigenvalue weighted by atomic mass is 16.6. The molecular formula is C20H37N7O9. The molecule has 4 atom stereocenters. The second-order valence-corrected chi connectivity index (χ2v) is 7.94. The normalized spacial score (nSPS) is 13.6. The summed E-state index contributed by atoms with van der Waals surface area (Å²) in [5, 5.41) is 24.3. The van der Waals surface area contributed by atoms with E-state index in [-0.39, 0.29) is 25.2 Å². The van der Waals surface area contributed by atoms with Gasteiger partial charge in [-0.15, -0.1) is 0 Å². The van der Waals surface area contributed by atoms with Crippen LogP contribution in [0.5, 0.6) is 0 Å². The Balaban J connectivity index is 0. The van der Waals surface area contributed by atoms with E-state index in [1.165, 1.54) is 6.33 Å². The van der Waals surface area contributed by atoms with Gasteiger partial charge in [0.25, 0.3) is 0 Å². The molecule has 206 valence electrons. The summed E-state index contributed by atoms with van der Waals surface area (Å²) >= 11 is 0. The molecule has 0 radical (unpaired) electrons. The molecule has 0 unspecified atom stereocenters. The van der Waals surface area contributed by atoms with Crippen molar-refractivity contribution < 1.29 is 44.0 Å². The number of carbonyl (C=O) groups excluding carboxylic acids is 3. The molecule has 16 nitrogen and oxygen atoms in total. The minimum absolute atomic E-state index is 0.0392. The van der Waals surface area contributed by atoms with Crippen LogP contribution in [-0.2, 0) is 35.1 Å². The first-order valence-corrected chi connectivity index (χ1v) is 10.7. The number of hydrogen-bond donors (Lipinski definition) is 9. The molecule has 14 N–H and O–H groups in total. The van der Waals surface area contributed by atoms with Crippen molar-refractivity contribution in [2.45, 2.75) is 63.7 Å². The fraction of sp³-hybridized carbons (Fsp3) is 0.600. The number of amides is 1. The number of nitrogens with zero attached hydrogens (tertiary/aromatic N) is 1. The molecule has 0 aliphatic heterocycles. The van der Waals surface area contributed by atoms with Gasteiger partial charge in [0.15, 0.2) is 0 Å². The lowest BCUT2D eigenvalue weighted by Crippen LogP contribution is -2.40. The van der Waals surface area contributed by atoms with E-state index < -0.39 is 60.6 Å². The lowest BCUT2D eigenvalue weighted by molar-refractivity contribution is -0.162. The van der Waals surface area contributed by atoms with Gasteiger partial charge >= 0.3 is 23.9 Å². The van der Waals surface area contributed by atoms with Crippen LogP contribution < -0.4 is 28.7 Å². The number of H-pyrrole nitrogens is 1. The number of esters is 2. The van der Waals surface area contributed by atoms with Gasteiger partial charge in [-0.1, -0.05) is 13.8 Å². The molecule has 1 rings (SSSR count). The summed E-state index contributed by atoms with van der Waals surface area (Å²) in [6.45, 7) is 3.29. The fourth-order valence-electron chi connectivity index (χ4n) is 2.07. The van der Waals surface area contributed by atoms with Crippen molar-refractivity contribution in [3.63, 3.8) is 0 Å². The molecule has 0 aliphatic carbocycles. The molecule has 0 saturated heterocycles. The first-order valence-electron chi connectivity index (χ1n) is 10.7. The summed E-state index contributed by atoms with van der Waals surface area (Å²) < 4.78 is 4.53. The lowest BCUT2D eigenvalue weighted by atomic mass is 10.0. The number of ether oxygens (including phenoxy) is 1. The SMILES string of the molecule is CC(C)C[C@H](N)C(=O)OC(=O)[C@@H](N)CCC(N)=O.N[C@@H](CO)C(=O)O.N[C@@H](Cc1cnc[nH]1)C(=O)O. The number of nitrogens with two attached hydrogens (primary N) is 5. The van der Waals surface area contributed by atoms with Crippen LogP contribution >= 0.6 is 0 Å². The van der Waals surface area contributed by atoms with Gasteiger partial charge in [0.1, 0.15) is 24.2 Å². The van der Waals surface area contributed by atoms with Crippen LogP contribution in [-0.4, -0.2) is 85.8 Å². The minimum atomic E-state index is -1.18. The van der Waals surface area contributed by atoms with Gasteiger partial charge in [-0.3, -0.25) is 14.4 Å². The number of hydrogen-bond acceptors (Lipinski definition) is 12. The summed E-state index contributed by atoms with van der Waals surface area (Å²) in [5.74, 6) is -4.22. The largest absolute Gasteiger partial charge is 0.480 e. The van der Waals surface area contributed by atoms with Gasteiger partial charge in [-0.25, -0.2) is 14.6 Å². The van der Waals surface area contributed by atoms with E-state index in [2.05, 4.69) is 14.7 Å². The zero-order valence-electron chi connectivity index (χ0n) is 20.2. The Labute approximate surface area is 207 Å². The first kappa shape index (κ1) is 34.7. The number of rotatable bonds is 12. The molecule has 0 spiro atoms. The van der Waals surface area contributed by atoms with Crippen LogP contribution in [0.2, 0.25) is 0 Å². The number of aromatic amines is 1. The third kappa shape index (κ3) is 18.0. The molecule has 1 aromatic rings. The standard InChI is InChI=1S/C11H21N3O4.C6H9N3O2.C3H7NO3/c1-6(2)5-8(13)11(17)18-10(16)7(12)3-4-9(14)15;7-5(6(10)11)1-4-2-8-3-9-4;4-2(1-5)3(6)7/h6-8H,3-5,12-13H2,1-2H3,(H2,14,15);2-3,5H,1,7H2,(H,8,9)(H,10,11);2,5H,1,4H2,(H,6,7)/t7-,8-;5-;2-/m000/s1. The van der Waals surface area contributed by atoms with Gasteiger partial charge in [-0.05, 0) is 18.8 Å². The Hall–Kier alpha value is -3.44. The van der Waals surface area contributed by atoms with Crippen LogP contribution in [0.1, 0.15) is 38.8 Å². The maximum Gasteiger partial charge on any atom is 0.330 e. The number of carboxylic acid groups (broad SMARTS) is 2. The molecule has 1 heterocycles. The maximum absolute atomic E-state index is 11.4. The lowest BCUT2D eigenvalue weighted by Gasteiger charge is -2.14. The van der Waals surface area contributed by atoms with Crippen molar-refractivity contribution in [2.75, 3.05) is 6.61 Å². The van der Waals surface area contributed by atoms with Crippen molar-refractivity contribution in [1.82, 2.24) is 9.97 Å². The zero-order chi connectivity index (χ0) is 28.4. The highest BCUT2D eigenvalue weighted by molar-refractivity contribution is 5.90. The second kappa shape index (κ2) is 18.8. The Bertz CT molecular complexity index is 818. The van der Waals surface area contributed by atoms with Gasteiger partial charge in [0.05, 0.1) is 12.9 Å². The van der Waals surface area contributed by atoms with E-state index in [1.54, 1.807) is 6.20 Å². The van der Waals surface area contributed by atoms with Crippen molar-refractivity contribution in [1.29, 1.82) is 0 Å². The third-order valence-corrected chi connectivity index (χ3v) is 4.06. The molecule has 1 aromatic heterocycles. The highest BCUT2D eigenvalue weighted by Gasteiger charge is 2.23. The molecule has 36 heavy (non-hydrogen) atoms. The second-order valence-electron chi connectivity index (χ2n) is 7.94. The van der Waals surface area contributed by atoms with Crippen molar-refractivity contribution in [2.24, 2.45) is 34.6 Å². The fourth-order valence-corrected chi connectivity index (χ4v) is 2.07. The van der Waals surface area contributed by atoms with E-state index in [1.807, 2.05) is 13.8 Å². The number of aliphatic hydroxyl groups is 1. The first-order chi connectivity index (χ1) is 16.6. The summed E-state index contributed by atoms with van der Waals surface area (Å²) in [6, 6.07) is -3.87. The van der Waals surface area contributed by atoms with Crippen LogP contribution in [0.25, 0.3) is 0 Å². The quantitative estimate of drug-likeness (QED) is 0.0968. The van der Waals surface area contributed by atoms with Crippen LogP contribution in [0.4, 0.5) is 0 Å². The van der Waals surface area contributed by atoms with E-state index >= 15 is 0 Å². The number of carboxylic acids is 2. The van der Waals surface area contributed by atoms with Gasteiger partial charge < -0.3 is 53.7 Å². The van der Waals surface area contributed by atoms with E-state index in [0.29, 0.717) is 6.42 Å². The molecule has 0 saturated carbocycles. The van der Waals surface area contributed by atoms with Crippen LogP contribution in [0.15, 0.2) is 12.5 Å². The molecule has 16 heteroatoms. The van der Waals surface area contributed by atoms with Gasteiger partial charge in [0.2, 0.25) is 5.91 Å². The molecule has 0 aromatic carbocycles. The maximum atomic E-state index is 11.4. The van der Waals surface area contributed by atoms with E-state index in [9.17, 15) is 24.0 Å². The number of aromatic nitrogens is 2. The van der Waals surface area contributed by atoms with Crippen molar-refractivity contribution in [3.05, 3.63) is 18.2 Å². The summed E-state index contributed by atoms with van der Waals surface area (Å²) in [6.07, 6.45) is 3.76. The number of imidazole rings is 1. The average molecular weight is 520 g/mol.